The molecule has 1 aromatic carbocycles. The lowest BCUT2D eigenvalue weighted by atomic mass is 10.2. The first-order valence-electron chi connectivity index (χ1n) is 4.72. The number of hydrogen-bond acceptors (Lipinski definition) is 2. The molecular formula is C11H10F2N2O. The number of halogens is 2. The maximum Gasteiger partial charge on any atom is 0.282 e. The molecule has 0 aliphatic heterocycles. The van der Waals surface area contributed by atoms with Crippen LogP contribution in [0.1, 0.15) is 17.7 Å². The molecule has 2 aromatic rings. The van der Waals surface area contributed by atoms with Gasteiger partial charge in [0, 0.05) is 6.07 Å². The molecule has 1 heterocycles. The Morgan fingerprint density at radius 3 is 2.62 bits per heavy atom. The van der Waals surface area contributed by atoms with Gasteiger partial charge in [0.15, 0.2) is 0 Å². The van der Waals surface area contributed by atoms with Crippen LogP contribution in [0.2, 0.25) is 0 Å². The summed E-state index contributed by atoms with van der Waals surface area (Å²) < 4.78 is 25.8. The Morgan fingerprint density at radius 2 is 2.06 bits per heavy atom. The van der Waals surface area contributed by atoms with Crippen LogP contribution in [0.15, 0.2) is 30.3 Å². The van der Waals surface area contributed by atoms with Gasteiger partial charge in [-0.25, -0.2) is 13.5 Å². The van der Waals surface area contributed by atoms with Gasteiger partial charge in [-0.2, -0.15) is 5.10 Å². The van der Waals surface area contributed by atoms with Crippen molar-refractivity contribution in [2.24, 2.45) is 0 Å². The van der Waals surface area contributed by atoms with Crippen LogP contribution in [0.3, 0.4) is 0 Å². The minimum atomic E-state index is -2.68. The molecule has 0 spiro atoms. The first-order valence-corrected chi connectivity index (χ1v) is 4.72. The minimum absolute atomic E-state index is 0.291. The summed E-state index contributed by atoms with van der Waals surface area (Å²) in [5.74, 6) is -0.291. The molecule has 0 aliphatic rings. The predicted octanol–water partition coefficient (Wildman–Crippen LogP) is 2.82. The highest BCUT2D eigenvalue weighted by molar-refractivity contribution is 5.38. The molecule has 0 saturated carbocycles. The maximum absolute atomic E-state index is 12.4. The van der Waals surface area contributed by atoms with Gasteiger partial charge >= 0.3 is 0 Å². The van der Waals surface area contributed by atoms with E-state index in [1.807, 2.05) is 13.0 Å². The van der Waals surface area contributed by atoms with Crippen LogP contribution in [0.5, 0.6) is 5.88 Å². The molecule has 1 aromatic heterocycles. The van der Waals surface area contributed by atoms with Gasteiger partial charge in [-0.05, 0) is 24.6 Å². The lowest BCUT2D eigenvalue weighted by molar-refractivity contribution is 0.145. The fourth-order valence-electron chi connectivity index (χ4n) is 1.45. The van der Waals surface area contributed by atoms with Gasteiger partial charge < -0.3 is 5.11 Å². The van der Waals surface area contributed by atoms with Gasteiger partial charge in [-0.3, -0.25) is 0 Å². The topological polar surface area (TPSA) is 38.0 Å². The Kier molecular flexibility index (Phi) is 2.60. The predicted molar refractivity (Wildman–Crippen MR) is 54.9 cm³/mol. The highest BCUT2D eigenvalue weighted by Gasteiger charge is 2.15. The zero-order chi connectivity index (χ0) is 11.7. The minimum Gasteiger partial charge on any atom is -0.493 e. The van der Waals surface area contributed by atoms with Crippen LogP contribution in [0.25, 0.3) is 5.69 Å². The number of hydrogen-bond donors (Lipinski definition) is 1. The van der Waals surface area contributed by atoms with Crippen molar-refractivity contribution >= 4 is 0 Å². The van der Waals surface area contributed by atoms with E-state index in [0.717, 1.165) is 16.3 Å². The normalized spacial score (nSPS) is 11.0. The number of aromatic nitrogens is 2. The quantitative estimate of drug-likeness (QED) is 0.851. The Morgan fingerprint density at radius 1 is 1.31 bits per heavy atom. The summed E-state index contributed by atoms with van der Waals surface area (Å²) in [6.07, 6.45) is -2.68. The fraction of sp³-hybridized carbons (Fsp3) is 0.182. The van der Waals surface area contributed by atoms with Gasteiger partial charge in [0.1, 0.15) is 5.69 Å². The highest BCUT2D eigenvalue weighted by atomic mass is 19.3. The first kappa shape index (κ1) is 10.6. The summed E-state index contributed by atoms with van der Waals surface area (Å²) in [4.78, 5) is 0. The Labute approximate surface area is 91.0 Å². The molecule has 3 nitrogen and oxygen atoms in total. The van der Waals surface area contributed by atoms with Crippen LogP contribution >= 0.6 is 0 Å². The zero-order valence-corrected chi connectivity index (χ0v) is 8.56. The average molecular weight is 224 g/mol. The average Bonchev–Trinajstić information content (AvgIpc) is 2.60. The number of benzene rings is 1. The third kappa shape index (κ3) is 1.88. The van der Waals surface area contributed by atoms with Crippen molar-refractivity contribution in [2.45, 2.75) is 13.3 Å². The van der Waals surface area contributed by atoms with E-state index < -0.39 is 12.1 Å². The van der Waals surface area contributed by atoms with E-state index in [1.54, 1.807) is 18.2 Å². The van der Waals surface area contributed by atoms with Crippen molar-refractivity contribution in [1.82, 2.24) is 9.78 Å². The summed E-state index contributed by atoms with van der Waals surface area (Å²) in [5, 5.41) is 13.1. The van der Waals surface area contributed by atoms with Crippen LogP contribution in [-0.4, -0.2) is 14.9 Å². The molecule has 0 fully saturated rings. The van der Waals surface area contributed by atoms with Crippen LogP contribution in [0, 0.1) is 6.92 Å². The number of aromatic hydroxyl groups is 1. The van der Waals surface area contributed by atoms with Gasteiger partial charge in [0.25, 0.3) is 6.43 Å². The SMILES string of the molecule is Cc1cccc(-n2nc(C(F)F)cc2O)c1. The second kappa shape index (κ2) is 3.92. The molecule has 16 heavy (non-hydrogen) atoms. The zero-order valence-electron chi connectivity index (χ0n) is 8.56. The standard InChI is InChI=1S/C11H10F2N2O/c1-7-3-2-4-8(5-7)15-10(16)6-9(14-15)11(12)13/h2-6,11,16H,1H3. The molecule has 0 saturated heterocycles. The number of nitrogens with zero attached hydrogens (tertiary/aromatic N) is 2. The molecule has 84 valence electrons. The Bertz CT molecular complexity index is 508. The van der Waals surface area contributed by atoms with Crippen LogP contribution in [0.4, 0.5) is 8.78 Å². The van der Waals surface area contributed by atoms with Gasteiger partial charge in [-0.1, -0.05) is 12.1 Å². The third-order valence-electron chi connectivity index (χ3n) is 2.18. The summed E-state index contributed by atoms with van der Waals surface area (Å²) in [5.41, 5.74) is 1.09. The molecule has 0 amide bonds. The van der Waals surface area contributed by atoms with Crippen molar-refractivity contribution in [2.75, 3.05) is 0 Å². The molecule has 2 rings (SSSR count). The third-order valence-corrected chi connectivity index (χ3v) is 2.18. The monoisotopic (exact) mass is 224 g/mol. The van der Waals surface area contributed by atoms with Crippen molar-refractivity contribution in [1.29, 1.82) is 0 Å². The highest BCUT2D eigenvalue weighted by Crippen LogP contribution is 2.24. The second-order valence-corrected chi connectivity index (χ2v) is 3.48. The summed E-state index contributed by atoms with van der Waals surface area (Å²) in [6.45, 7) is 1.87. The van der Waals surface area contributed by atoms with E-state index in [0.29, 0.717) is 5.69 Å². The van der Waals surface area contributed by atoms with E-state index in [2.05, 4.69) is 5.10 Å². The summed E-state index contributed by atoms with van der Waals surface area (Å²) >= 11 is 0. The largest absolute Gasteiger partial charge is 0.493 e. The second-order valence-electron chi connectivity index (χ2n) is 3.48. The van der Waals surface area contributed by atoms with Crippen LogP contribution in [-0.2, 0) is 0 Å². The van der Waals surface area contributed by atoms with E-state index in [1.165, 1.54) is 0 Å². The number of rotatable bonds is 2. The van der Waals surface area contributed by atoms with Crippen molar-refractivity contribution in [3.8, 4) is 11.6 Å². The molecule has 5 heteroatoms. The fourth-order valence-corrected chi connectivity index (χ4v) is 1.45. The van der Waals surface area contributed by atoms with E-state index in [4.69, 9.17) is 0 Å². The molecule has 0 unspecified atom stereocenters. The molecule has 0 atom stereocenters. The lowest BCUT2D eigenvalue weighted by Crippen LogP contribution is -1.97. The van der Waals surface area contributed by atoms with E-state index in [9.17, 15) is 13.9 Å². The summed E-state index contributed by atoms with van der Waals surface area (Å²) in [6, 6.07) is 8.05. The Hall–Kier alpha value is -1.91. The number of alkyl halides is 2. The van der Waals surface area contributed by atoms with Gasteiger partial charge in [-0.15, -0.1) is 0 Å². The van der Waals surface area contributed by atoms with Crippen molar-refractivity contribution < 1.29 is 13.9 Å². The molecular weight excluding hydrogens is 214 g/mol. The maximum atomic E-state index is 12.4. The van der Waals surface area contributed by atoms with E-state index >= 15 is 0 Å². The van der Waals surface area contributed by atoms with Crippen LogP contribution < -0.4 is 0 Å². The lowest BCUT2D eigenvalue weighted by Gasteiger charge is -2.03. The number of aryl methyl sites for hydroxylation is 1. The molecule has 0 aliphatic carbocycles. The molecule has 1 N–H and O–H groups in total. The smallest absolute Gasteiger partial charge is 0.282 e. The summed E-state index contributed by atoms with van der Waals surface area (Å²) in [7, 11) is 0. The van der Waals surface area contributed by atoms with E-state index in [-0.39, 0.29) is 5.88 Å². The van der Waals surface area contributed by atoms with Gasteiger partial charge in [0.05, 0.1) is 5.69 Å². The van der Waals surface area contributed by atoms with Crippen molar-refractivity contribution in [3.63, 3.8) is 0 Å². The first-order chi connectivity index (χ1) is 7.58. The molecule has 0 bridgehead atoms. The van der Waals surface area contributed by atoms with Crippen molar-refractivity contribution in [3.05, 3.63) is 41.6 Å². The molecule has 0 radical (unpaired) electrons. The van der Waals surface area contributed by atoms with Gasteiger partial charge in [0.2, 0.25) is 5.88 Å². The Balaban J connectivity index is 2.48.